The van der Waals surface area contributed by atoms with Crippen LogP contribution in [0.15, 0.2) is 30.3 Å². The van der Waals surface area contributed by atoms with Crippen LogP contribution in [0.3, 0.4) is 0 Å². The van der Waals surface area contributed by atoms with Gasteiger partial charge < -0.3 is 24.6 Å². The molecule has 0 saturated carbocycles. The number of rotatable bonds is 5. The number of nitrogens with one attached hydrogen (secondary N) is 1. The molecule has 2 fully saturated rings. The van der Waals surface area contributed by atoms with Crippen LogP contribution in [0.2, 0.25) is 0 Å². The van der Waals surface area contributed by atoms with E-state index in [-0.39, 0.29) is 31.0 Å². The summed E-state index contributed by atoms with van der Waals surface area (Å²) >= 11 is 0. The van der Waals surface area contributed by atoms with Crippen LogP contribution < -0.4 is 5.32 Å². The van der Waals surface area contributed by atoms with Gasteiger partial charge in [-0.05, 0) is 38.8 Å². The summed E-state index contributed by atoms with van der Waals surface area (Å²) in [5.74, 6) is -0.666. The summed E-state index contributed by atoms with van der Waals surface area (Å²) in [7, 11) is 0. The minimum atomic E-state index is -0.666. The lowest BCUT2D eigenvalue weighted by atomic mass is 9.93. The fourth-order valence-electron chi connectivity index (χ4n) is 3.48. The third kappa shape index (κ3) is 4.11. The molecule has 2 N–H and O–H groups in total. The fourth-order valence-corrected chi connectivity index (χ4v) is 3.48. The second-order valence-electron chi connectivity index (χ2n) is 6.78. The molecule has 0 amide bonds. The zero-order valence-electron chi connectivity index (χ0n) is 13.9. The highest BCUT2D eigenvalue weighted by Gasteiger charge is 2.47. The van der Waals surface area contributed by atoms with E-state index < -0.39 is 5.79 Å². The molecule has 2 saturated heterocycles. The number of piperidine rings is 1. The highest BCUT2D eigenvalue weighted by atomic mass is 16.8. The zero-order chi connectivity index (χ0) is 16.3. The molecule has 5 heteroatoms. The van der Waals surface area contributed by atoms with Crippen molar-refractivity contribution in [3.8, 4) is 0 Å². The number of hydrogen-bond donors (Lipinski definition) is 2. The number of aliphatic hydroxyl groups excluding tert-OH is 1. The Kier molecular flexibility index (Phi) is 5.34. The van der Waals surface area contributed by atoms with Crippen molar-refractivity contribution in [2.75, 3.05) is 13.2 Å². The van der Waals surface area contributed by atoms with Crippen LogP contribution in [0.25, 0.3) is 0 Å². The van der Waals surface area contributed by atoms with Crippen molar-refractivity contribution in [2.24, 2.45) is 0 Å². The van der Waals surface area contributed by atoms with Gasteiger partial charge in [-0.2, -0.15) is 0 Å². The predicted octanol–water partition coefficient (Wildman–Crippen LogP) is 1.84. The molecule has 3 rings (SSSR count). The summed E-state index contributed by atoms with van der Waals surface area (Å²) < 4.78 is 18.0. The van der Waals surface area contributed by atoms with Gasteiger partial charge in [-0.25, -0.2) is 0 Å². The SMILES string of the molecule is CC1(C)O[C@@H]([C@@H]2NCCC[C@H]2OCc2ccccc2)[C@@H](CO)O1. The standard InChI is InChI=1S/C18H27NO4/c1-18(2)22-15(11-20)17(23-18)16-14(9-6-10-19-16)21-12-13-7-4-3-5-8-13/h3-5,7-8,14-17,19-20H,6,9-12H2,1-2H3/t14-,15-,16-,17-/m1/s1. The summed E-state index contributed by atoms with van der Waals surface area (Å²) in [5.41, 5.74) is 1.17. The Labute approximate surface area is 137 Å². The van der Waals surface area contributed by atoms with Crippen molar-refractivity contribution < 1.29 is 19.3 Å². The number of aliphatic hydroxyl groups is 1. The zero-order valence-corrected chi connectivity index (χ0v) is 13.9. The van der Waals surface area contributed by atoms with Gasteiger partial charge in [-0.3, -0.25) is 0 Å². The average Bonchev–Trinajstić information content (AvgIpc) is 2.89. The largest absolute Gasteiger partial charge is 0.394 e. The van der Waals surface area contributed by atoms with E-state index in [2.05, 4.69) is 17.4 Å². The molecule has 0 spiro atoms. The smallest absolute Gasteiger partial charge is 0.163 e. The van der Waals surface area contributed by atoms with E-state index in [0.29, 0.717) is 6.61 Å². The predicted molar refractivity (Wildman–Crippen MR) is 87.0 cm³/mol. The molecular formula is C18H27NO4. The Balaban J connectivity index is 1.66. The summed E-state index contributed by atoms with van der Waals surface area (Å²) in [6.45, 7) is 5.26. The van der Waals surface area contributed by atoms with E-state index in [1.165, 1.54) is 5.56 Å². The molecule has 0 unspecified atom stereocenters. The van der Waals surface area contributed by atoms with Crippen LogP contribution in [0, 0.1) is 0 Å². The van der Waals surface area contributed by atoms with Gasteiger partial charge in [-0.15, -0.1) is 0 Å². The quantitative estimate of drug-likeness (QED) is 0.866. The van der Waals surface area contributed by atoms with Crippen LogP contribution in [-0.2, 0) is 20.8 Å². The molecule has 23 heavy (non-hydrogen) atoms. The number of hydrogen-bond acceptors (Lipinski definition) is 5. The second-order valence-corrected chi connectivity index (χ2v) is 6.78. The van der Waals surface area contributed by atoms with Crippen molar-refractivity contribution in [3.63, 3.8) is 0 Å². The first-order valence-corrected chi connectivity index (χ1v) is 8.44. The van der Waals surface area contributed by atoms with Crippen LogP contribution in [0.4, 0.5) is 0 Å². The second kappa shape index (κ2) is 7.28. The van der Waals surface area contributed by atoms with Crippen LogP contribution in [-0.4, -0.2) is 48.4 Å². The Hall–Kier alpha value is -0.980. The Morgan fingerprint density at radius 3 is 2.78 bits per heavy atom. The molecule has 2 aliphatic heterocycles. The topological polar surface area (TPSA) is 60.0 Å². The van der Waals surface area contributed by atoms with Gasteiger partial charge in [0.2, 0.25) is 0 Å². The Bertz CT molecular complexity index is 493. The average molecular weight is 321 g/mol. The summed E-state index contributed by atoms with van der Waals surface area (Å²) in [6.07, 6.45) is 1.61. The van der Waals surface area contributed by atoms with Gasteiger partial charge in [0, 0.05) is 0 Å². The van der Waals surface area contributed by atoms with Crippen LogP contribution in [0.1, 0.15) is 32.3 Å². The lowest BCUT2D eigenvalue weighted by Gasteiger charge is -2.37. The number of ether oxygens (including phenoxy) is 3. The minimum absolute atomic E-state index is 0.0337. The van der Waals surface area contributed by atoms with E-state index in [1.807, 2.05) is 32.0 Å². The highest BCUT2D eigenvalue weighted by molar-refractivity contribution is 5.13. The molecule has 2 heterocycles. The van der Waals surface area contributed by atoms with Gasteiger partial charge >= 0.3 is 0 Å². The fraction of sp³-hybridized carbons (Fsp3) is 0.667. The van der Waals surface area contributed by atoms with E-state index in [1.54, 1.807) is 0 Å². The van der Waals surface area contributed by atoms with Crippen molar-refractivity contribution in [1.29, 1.82) is 0 Å². The molecule has 0 aromatic heterocycles. The Morgan fingerprint density at radius 2 is 2.04 bits per heavy atom. The molecule has 4 atom stereocenters. The lowest BCUT2D eigenvalue weighted by molar-refractivity contribution is -0.155. The van der Waals surface area contributed by atoms with E-state index in [0.717, 1.165) is 19.4 Å². The lowest BCUT2D eigenvalue weighted by Crippen LogP contribution is -2.56. The van der Waals surface area contributed by atoms with Gasteiger partial charge in [0.25, 0.3) is 0 Å². The molecule has 1 aromatic rings. The van der Waals surface area contributed by atoms with E-state index in [9.17, 15) is 5.11 Å². The van der Waals surface area contributed by atoms with Gasteiger partial charge in [0.15, 0.2) is 5.79 Å². The van der Waals surface area contributed by atoms with Crippen molar-refractivity contribution in [2.45, 2.75) is 63.4 Å². The summed E-state index contributed by atoms with van der Waals surface area (Å²) in [5, 5.41) is 13.1. The molecule has 2 aliphatic rings. The maximum absolute atomic E-state index is 9.62. The third-order valence-electron chi connectivity index (χ3n) is 4.51. The monoisotopic (exact) mass is 321 g/mol. The first kappa shape index (κ1) is 16.9. The molecule has 0 bridgehead atoms. The van der Waals surface area contributed by atoms with Gasteiger partial charge in [0.05, 0.1) is 25.4 Å². The van der Waals surface area contributed by atoms with Crippen LogP contribution in [0.5, 0.6) is 0 Å². The van der Waals surface area contributed by atoms with Gasteiger partial charge in [-0.1, -0.05) is 30.3 Å². The van der Waals surface area contributed by atoms with Crippen LogP contribution >= 0.6 is 0 Å². The Morgan fingerprint density at radius 1 is 1.26 bits per heavy atom. The first-order valence-electron chi connectivity index (χ1n) is 8.44. The summed E-state index contributed by atoms with van der Waals surface area (Å²) in [6, 6.07) is 10.2. The van der Waals surface area contributed by atoms with Crippen molar-refractivity contribution >= 4 is 0 Å². The highest BCUT2D eigenvalue weighted by Crippen LogP contribution is 2.33. The molecule has 5 nitrogen and oxygen atoms in total. The molecule has 128 valence electrons. The summed E-state index contributed by atoms with van der Waals surface area (Å²) in [4.78, 5) is 0. The van der Waals surface area contributed by atoms with Gasteiger partial charge in [0.1, 0.15) is 12.2 Å². The number of benzene rings is 1. The molecule has 0 radical (unpaired) electrons. The third-order valence-corrected chi connectivity index (χ3v) is 4.51. The van der Waals surface area contributed by atoms with E-state index >= 15 is 0 Å². The minimum Gasteiger partial charge on any atom is -0.394 e. The molecule has 0 aliphatic carbocycles. The van der Waals surface area contributed by atoms with Crippen molar-refractivity contribution in [1.82, 2.24) is 5.32 Å². The normalized spacial score (nSPS) is 33.7. The molecule has 1 aromatic carbocycles. The van der Waals surface area contributed by atoms with Crippen molar-refractivity contribution in [3.05, 3.63) is 35.9 Å². The maximum atomic E-state index is 9.62. The van der Waals surface area contributed by atoms with E-state index in [4.69, 9.17) is 14.2 Å². The first-order chi connectivity index (χ1) is 11.1. The molecular weight excluding hydrogens is 294 g/mol. The maximum Gasteiger partial charge on any atom is 0.163 e.